The summed E-state index contributed by atoms with van der Waals surface area (Å²) in [5, 5.41) is 3.48. The van der Waals surface area contributed by atoms with Crippen molar-refractivity contribution in [1.82, 2.24) is 5.32 Å². The molecule has 0 fully saturated rings. The fraction of sp³-hybridized carbons (Fsp3) is 0.867. The topological polar surface area (TPSA) is 21.3 Å². The molecule has 0 saturated carbocycles. The minimum atomic E-state index is 0.302. The van der Waals surface area contributed by atoms with E-state index in [9.17, 15) is 0 Å². The van der Waals surface area contributed by atoms with Gasteiger partial charge in [-0.05, 0) is 39.0 Å². The second-order valence-corrected chi connectivity index (χ2v) is 5.22. The van der Waals surface area contributed by atoms with Crippen molar-refractivity contribution in [3.8, 4) is 0 Å². The van der Waals surface area contributed by atoms with E-state index in [4.69, 9.17) is 4.74 Å². The van der Waals surface area contributed by atoms with Crippen LogP contribution in [-0.4, -0.2) is 18.9 Å². The van der Waals surface area contributed by atoms with Crippen molar-refractivity contribution in [1.29, 1.82) is 0 Å². The number of ether oxygens (including phenoxy) is 1. The lowest BCUT2D eigenvalue weighted by atomic mass is 9.94. The molecule has 1 unspecified atom stereocenters. The molecular weight excluding hydrogens is 210 g/mol. The number of rotatable bonds is 9. The molecule has 0 aliphatic carbocycles. The lowest BCUT2D eigenvalue weighted by Gasteiger charge is -2.21. The first kappa shape index (κ1) is 16.7. The van der Waals surface area contributed by atoms with E-state index in [0.29, 0.717) is 24.8 Å². The molecule has 1 N–H and O–H groups in total. The third kappa shape index (κ3) is 8.39. The highest BCUT2D eigenvalue weighted by atomic mass is 16.5. The van der Waals surface area contributed by atoms with Crippen LogP contribution in [0.5, 0.6) is 0 Å². The zero-order valence-corrected chi connectivity index (χ0v) is 12.5. The van der Waals surface area contributed by atoms with E-state index in [1.165, 1.54) is 0 Å². The fourth-order valence-electron chi connectivity index (χ4n) is 1.79. The van der Waals surface area contributed by atoms with E-state index in [0.717, 1.165) is 19.3 Å². The Labute approximate surface area is 108 Å². The second kappa shape index (κ2) is 9.67. The van der Waals surface area contributed by atoms with Crippen LogP contribution in [0.2, 0.25) is 0 Å². The maximum atomic E-state index is 5.55. The first-order chi connectivity index (χ1) is 8.01. The molecule has 0 aliphatic rings. The number of hydrogen-bond acceptors (Lipinski definition) is 2. The molecule has 2 nitrogen and oxygen atoms in total. The highest BCUT2D eigenvalue weighted by molar-refractivity contribution is 5.06. The monoisotopic (exact) mass is 241 g/mol. The standard InChI is InChI=1S/C15H31NO/c1-7-9-14(12(3)4)10-15(8-2)16-11-17-13(5)6/h9,12-13,15-16H,7-8,10-11H2,1-6H3/b14-9-. The van der Waals surface area contributed by atoms with Crippen LogP contribution < -0.4 is 5.32 Å². The molecule has 0 rings (SSSR count). The summed E-state index contributed by atoms with van der Waals surface area (Å²) in [4.78, 5) is 0. The molecule has 0 aromatic carbocycles. The van der Waals surface area contributed by atoms with E-state index in [1.807, 2.05) is 0 Å². The van der Waals surface area contributed by atoms with Crippen LogP contribution in [0.4, 0.5) is 0 Å². The molecule has 0 amide bonds. The van der Waals surface area contributed by atoms with Gasteiger partial charge in [-0.3, -0.25) is 5.32 Å². The largest absolute Gasteiger partial charge is 0.364 e. The van der Waals surface area contributed by atoms with Crippen LogP contribution in [0.1, 0.15) is 60.8 Å². The summed E-state index contributed by atoms with van der Waals surface area (Å²) in [5.74, 6) is 0.650. The summed E-state index contributed by atoms with van der Waals surface area (Å²) < 4.78 is 5.55. The predicted octanol–water partition coefficient (Wildman–Crippen LogP) is 4.12. The predicted molar refractivity (Wildman–Crippen MR) is 76.1 cm³/mol. The molecule has 2 heteroatoms. The average molecular weight is 241 g/mol. The first-order valence-corrected chi connectivity index (χ1v) is 7.05. The van der Waals surface area contributed by atoms with Crippen molar-refractivity contribution in [3.05, 3.63) is 11.6 Å². The Morgan fingerprint density at radius 3 is 2.24 bits per heavy atom. The molecule has 102 valence electrons. The smallest absolute Gasteiger partial charge is 0.0970 e. The van der Waals surface area contributed by atoms with Gasteiger partial charge in [0.2, 0.25) is 0 Å². The molecule has 0 heterocycles. The third-order valence-electron chi connectivity index (χ3n) is 2.97. The normalized spacial score (nSPS) is 14.7. The summed E-state index contributed by atoms with van der Waals surface area (Å²) in [7, 11) is 0. The van der Waals surface area contributed by atoms with E-state index in [2.05, 4.69) is 52.9 Å². The maximum absolute atomic E-state index is 5.55. The Morgan fingerprint density at radius 2 is 1.82 bits per heavy atom. The second-order valence-electron chi connectivity index (χ2n) is 5.22. The quantitative estimate of drug-likeness (QED) is 0.484. The summed E-state index contributed by atoms with van der Waals surface area (Å²) in [6, 6.07) is 0.536. The maximum Gasteiger partial charge on any atom is 0.0970 e. The minimum absolute atomic E-state index is 0.302. The van der Waals surface area contributed by atoms with Gasteiger partial charge in [0.25, 0.3) is 0 Å². The van der Waals surface area contributed by atoms with Crippen LogP contribution in [0.3, 0.4) is 0 Å². The van der Waals surface area contributed by atoms with Crippen molar-refractivity contribution in [2.45, 2.75) is 73.0 Å². The zero-order valence-electron chi connectivity index (χ0n) is 12.5. The van der Waals surface area contributed by atoms with Crippen LogP contribution in [0, 0.1) is 5.92 Å². The van der Waals surface area contributed by atoms with Gasteiger partial charge in [-0.2, -0.15) is 0 Å². The van der Waals surface area contributed by atoms with Crippen LogP contribution >= 0.6 is 0 Å². The van der Waals surface area contributed by atoms with Gasteiger partial charge in [0, 0.05) is 6.04 Å². The van der Waals surface area contributed by atoms with Crippen molar-refractivity contribution >= 4 is 0 Å². The summed E-state index contributed by atoms with van der Waals surface area (Å²) in [5.41, 5.74) is 1.57. The van der Waals surface area contributed by atoms with Gasteiger partial charge in [0.15, 0.2) is 0 Å². The average Bonchev–Trinajstić information content (AvgIpc) is 2.25. The Kier molecular flexibility index (Phi) is 9.47. The lowest BCUT2D eigenvalue weighted by Crippen LogP contribution is -2.32. The third-order valence-corrected chi connectivity index (χ3v) is 2.97. The molecule has 0 aromatic heterocycles. The number of allylic oxidation sites excluding steroid dienone is 1. The highest BCUT2D eigenvalue weighted by Crippen LogP contribution is 2.18. The molecule has 0 bridgehead atoms. The van der Waals surface area contributed by atoms with Crippen LogP contribution in [-0.2, 0) is 4.74 Å². The summed E-state index contributed by atoms with van der Waals surface area (Å²) in [6.07, 6.45) is 6.10. The van der Waals surface area contributed by atoms with Crippen molar-refractivity contribution in [3.63, 3.8) is 0 Å². The van der Waals surface area contributed by atoms with Crippen LogP contribution in [0.15, 0.2) is 11.6 Å². The molecule has 0 spiro atoms. The Hall–Kier alpha value is -0.340. The first-order valence-electron chi connectivity index (χ1n) is 7.05. The van der Waals surface area contributed by atoms with Crippen LogP contribution in [0.25, 0.3) is 0 Å². The van der Waals surface area contributed by atoms with E-state index in [-0.39, 0.29) is 0 Å². The van der Waals surface area contributed by atoms with Crippen molar-refractivity contribution in [2.24, 2.45) is 5.92 Å². The van der Waals surface area contributed by atoms with Gasteiger partial charge in [0.1, 0.15) is 0 Å². The highest BCUT2D eigenvalue weighted by Gasteiger charge is 2.11. The van der Waals surface area contributed by atoms with Gasteiger partial charge >= 0.3 is 0 Å². The molecular formula is C15H31NO. The van der Waals surface area contributed by atoms with Gasteiger partial charge in [-0.25, -0.2) is 0 Å². The molecule has 0 aliphatic heterocycles. The van der Waals surface area contributed by atoms with E-state index >= 15 is 0 Å². The molecule has 0 aromatic rings. The van der Waals surface area contributed by atoms with E-state index < -0.39 is 0 Å². The molecule has 1 atom stereocenters. The molecule has 17 heavy (non-hydrogen) atoms. The number of hydrogen-bond donors (Lipinski definition) is 1. The molecule has 0 saturated heterocycles. The van der Waals surface area contributed by atoms with Gasteiger partial charge in [0.05, 0.1) is 12.8 Å². The Bertz CT molecular complexity index is 209. The van der Waals surface area contributed by atoms with Crippen molar-refractivity contribution in [2.75, 3.05) is 6.73 Å². The summed E-state index contributed by atoms with van der Waals surface area (Å²) >= 11 is 0. The van der Waals surface area contributed by atoms with E-state index in [1.54, 1.807) is 5.57 Å². The lowest BCUT2D eigenvalue weighted by molar-refractivity contribution is 0.0576. The van der Waals surface area contributed by atoms with Gasteiger partial charge in [-0.15, -0.1) is 0 Å². The van der Waals surface area contributed by atoms with Crippen molar-refractivity contribution < 1.29 is 4.74 Å². The zero-order chi connectivity index (χ0) is 13.3. The minimum Gasteiger partial charge on any atom is -0.364 e. The van der Waals surface area contributed by atoms with Gasteiger partial charge in [-0.1, -0.05) is 39.3 Å². The Balaban J connectivity index is 4.13. The SMILES string of the molecule is CC/C=C(/CC(CC)NCOC(C)C)C(C)C. The Morgan fingerprint density at radius 1 is 1.18 bits per heavy atom. The number of nitrogens with one attached hydrogen (secondary N) is 1. The fourth-order valence-corrected chi connectivity index (χ4v) is 1.79. The van der Waals surface area contributed by atoms with Gasteiger partial charge < -0.3 is 4.74 Å². The molecule has 0 radical (unpaired) electrons. The summed E-state index contributed by atoms with van der Waals surface area (Å²) in [6.45, 7) is 13.8.